The Kier molecular flexibility index (Phi) is 4.24. The van der Waals surface area contributed by atoms with Gasteiger partial charge in [0, 0.05) is 17.2 Å². The van der Waals surface area contributed by atoms with E-state index in [1.54, 1.807) is 24.3 Å². The molecule has 0 spiro atoms. The van der Waals surface area contributed by atoms with Crippen LogP contribution in [-0.4, -0.2) is 19.7 Å². The van der Waals surface area contributed by atoms with E-state index in [1.165, 1.54) is 17.6 Å². The minimum atomic E-state index is -3.17. The monoisotopic (exact) mass is 324 g/mol. The maximum absolute atomic E-state index is 11.5. The zero-order chi connectivity index (χ0) is 15.8. The molecular formula is C15H20N2O2S2. The lowest BCUT2D eigenvalue weighted by atomic mass is 9.88. The van der Waals surface area contributed by atoms with Gasteiger partial charge in [-0.15, -0.1) is 11.3 Å². The van der Waals surface area contributed by atoms with Gasteiger partial charge in [0.05, 0.1) is 16.6 Å². The summed E-state index contributed by atoms with van der Waals surface area (Å²) >= 11 is 1.53. The highest BCUT2D eigenvalue weighted by Crippen LogP contribution is 2.34. The number of nitrogens with two attached hydrogens (primary N) is 1. The van der Waals surface area contributed by atoms with E-state index in [-0.39, 0.29) is 11.5 Å². The Labute approximate surface area is 130 Å². The van der Waals surface area contributed by atoms with Crippen molar-refractivity contribution >= 4 is 21.2 Å². The molecule has 1 unspecified atom stereocenters. The topological polar surface area (TPSA) is 73.0 Å². The Balaban J connectivity index is 2.30. The fraction of sp³-hybridized carbons (Fsp3) is 0.400. The molecule has 2 N–H and O–H groups in total. The van der Waals surface area contributed by atoms with E-state index < -0.39 is 9.84 Å². The van der Waals surface area contributed by atoms with Gasteiger partial charge in [0.2, 0.25) is 0 Å². The van der Waals surface area contributed by atoms with Crippen molar-refractivity contribution in [2.24, 2.45) is 11.1 Å². The first-order valence-electron chi connectivity index (χ1n) is 6.60. The van der Waals surface area contributed by atoms with Gasteiger partial charge in [0.15, 0.2) is 9.84 Å². The first-order chi connectivity index (χ1) is 9.59. The molecule has 6 heteroatoms. The standard InChI is InChI=1S/C15H20N2O2S2/c1-15(2,3)13(16)14-17-12(9-20-14)10-5-7-11(8-6-10)21(4,18)19/h5-9,13H,16H2,1-4H3. The third-order valence-electron chi connectivity index (χ3n) is 3.30. The van der Waals surface area contributed by atoms with Crippen LogP contribution in [-0.2, 0) is 9.84 Å². The number of sulfone groups is 1. The van der Waals surface area contributed by atoms with Crippen LogP contribution in [0.15, 0.2) is 34.5 Å². The molecule has 4 nitrogen and oxygen atoms in total. The van der Waals surface area contributed by atoms with Crippen molar-refractivity contribution in [3.05, 3.63) is 34.7 Å². The van der Waals surface area contributed by atoms with Crippen LogP contribution >= 0.6 is 11.3 Å². The summed E-state index contributed by atoms with van der Waals surface area (Å²) in [6, 6.07) is 6.64. The molecule has 2 rings (SSSR count). The van der Waals surface area contributed by atoms with Gasteiger partial charge in [0.1, 0.15) is 5.01 Å². The lowest BCUT2D eigenvalue weighted by Gasteiger charge is -2.24. The van der Waals surface area contributed by atoms with Crippen molar-refractivity contribution in [2.75, 3.05) is 6.26 Å². The molecule has 0 amide bonds. The predicted octanol–water partition coefficient (Wildman–Crippen LogP) is 3.26. The van der Waals surface area contributed by atoms with Crippen molar-refractivity contribution in [1.29, 1.82) is 0 Å². The van der Waals surface area contributed by atoms with Crippen molar-refractivity contribution in [2.45, 2.75) is 31.7 Å². The molecule has 0 saturated heterocycles. The summed E-state index contributed by atoms with van der Waals surface area (Å²) < 4.78 is 22.9. The molecule has 0 saturated carbocycles. The first kappa shape index (κ1) is 16.1. The SMILES string of the molecule is CC(C)(C)C(N)c1nc(-c2ccc(S(C)(=O)=O)cc2)cs1. The number of nitrogens with zero attached hydrogens (tertiary/aromatic N) is 1. The number of hydrogen-bond donors (Lipinski definition) is 1. The van der Waals surface area contributed by atoms with Crippen molar-refractivity contribution in [3.63, 3.8) is 0 Å². The molecule has 0 radical (unpaired) electrons. The molecule has 0 aliphatic rings. The summed E-state index contributed by atoms with van der Waals surface area (Å²) in [5, 5.41) is 2.85. The Bertz CT molecular complexity index is 726. The number of benzene rings is 1. The average molecular weight is 324 g/mol. The molecule has 114 valence electrons. The van der Waals surface area contributed by atoms with E-state index in [2.05, 4.69) is 25.8 Å². The second-order valence-corrected chi connectivity index (χ2v) is 9.12. The van der Waals surface area contributed by atoms with E-state index in [4.69, 9.17) is 5.73 Å². The van der Waals surface area contributed by atoms with Gasteiger partial charge in [-0.2, -0.15) is 0 Å². The summed E-state index contributed by atoms with van der Waals surface area (Å²) in [5.74, 6) is 0. The highest BCUT2D eigenvalue weighted by atomic mass is 32.2. The Morgan fingerprint density at radius 2 is 1.76 bits per heavy atom. The van der Waals surface area contributed by atoms with Crippen LogP contribution in [0.1, 0.15) is 31.8 Å². The molecular weight excluding hydrogens is 304 g/mol. The van der Waals surface area contributed by atoms with Crippen molar-refractivity contribution in [1.82, 2.24) is 4.98 Å². The normalized spacial score (nSPS) is 14.1. The third kappa shape index (κ3) is 3.70. The Morgan fingerprint density at radius 1 is 1.19 bits per heavy atom. The molecule has 2 aromatic rings. The van der Waals surface area contributed by atoms with Crippen LogP contribution in [0.25, 0.3) is 11.3 Å². The zero-order valence-corrected chi connectivity index (χ0v) is 14.3. The molecule has 1 atom stereocenters. The largest absolute Gasteiger partial charge is 0.322 e. The Morgan fingerprint density at radius 3 is 2.24 bits per heavy atom. The van der Waals surface area contributed by atoms with E-state index >= 15 is 0 Å². The maximum atomic E-state index is 11.5. The van der Waals surface area contributed by atoms with Crippen molar-refractivity contribution in [3.8, 4) is 11.3 Å². The number of hydrogen-bond acceptors (Lipinski definition) is 5. The smallest absolute Gasteiger partial charge is 0.175 e. The van der Waals surface area contributed by atoms with E-state index in [0.717, 1.165) is 16.3 Å². The van der Waals surface area contributed by atoms with Gasteiger partial charge in [-0.1, -0.05) is 32.9 Å². The lowest BCUT2D eigenvalue weighted by molar-refractivity contribution is 0.326. The first-order valence-corrected chi connectivity index (χ1v) is 9.37. The third-order valence-corrected chi connectivity index (χ3v) is 5.36. The molecule has 0 aliphatic carbocycles. The van der Waals surface area contributed by atoms with E-state index in [1.807, 2.05) is 5.38 Å². The minimum Gasteiger partial charge on any atom is -0.322 e. The van der Waals surface area contributed by atoms with Crippen LogP contribution in [0, 0.1) is 5.41 Å². The molecule has 0 fully saturated rings. The fourth-order valence-corrected chi connectivity index (χ4v) is 3.51. The summed E-state index contributed by atoms with van der Waals surface area (Å²) in [5.41, 5.74) is 7.89. The van der Waals surface area contributed by atoms with Gasteiger partial charge >= 0.3 is 0 Å². The van der Waals surface area contributed by atoms with Crippen LogP contribution in [0.2, 0.25) is 0 Å². The van der Waals surface area contributed by atoms with Gasteiger partial charge in [-0.05, 0) is 17.5 Å². The van der Waals surface area contributed by atoms with Gasteiger partial charge in [-0.25, -0.2) is 13.4 Å². The quantitative estimate of drug-likeness (QED) is 0.940. The molecule has 1 heterocycles. The predicted molar refractivity (Wildman–Crippen MR) is 87.0 cm³/mol. The summed E-state index contributed by atoms with van der Waals surface area (Å²) in [7, 11) is -3.17. The van der Waals surface area contributed by atoms with Gasteiger partial charge < -0.3 is 5.73 Å². The van der Waals surface area contributed by atoms with Crippen LogP contribution in [0.4, 0.5) is 0 Å². The number of thiazole rings is 1. The van der Waals surface area contributed by atoms with Crippen molar-refractivity contribution < 1.29 is 8.42 Å². The molecule has 1 aromatic heterocycles. The van der Waals surface area contributed by atoms with E-state index in [0.29, 0.717) is 4.90 Å². The zero-order valence-electron chi connectivity index (χ0n) is 12.6. The highest BCUT2D eigenvalue weighted by Gasteiger charge is 2.25. The number of rotatable bonds is 3. The lowest BCUT2D eigenvalue weighted by Crippen LogP contribution is -2.26. The van der Waals surface area contributed by atoms with Gasteiger partial charge in [0.25, 0.3) is 0 Å². The van der Waals surface area contributed by atoms with Gasteiger partial charge in [-0.3, -0.25) is 0 Å². The van der Waals surface area contributed by atoms with Crippen LogP contribution in [0.3, 0.4) is 0 Å². The summed E-state index contributed by atoms with van der Waals surface area (Å²) in [6.07, 6.45) is 1.20. The Hall–Kier alpha value is -1.24. The summed E-state index contributed by atoms with van der Waals surface area (Å²) in [4.78, 5) is 4.90. The molecule has 0 aliphatic heterocycles. The average Bonchev–Trinajstić information content (AvgIpc) is 2.85. The summed E-state index contributed by atoms with van der Waals surface area (Å²) in [6.45, 7) is 6.25. The second-order valence-electron chi connectivity index (χ2n) is 6.21. The van der Waals surface area contributed by atoms with Crippen LogP contribution in [0.5, 0.6) is 0 Å². The molecule has 1 aromatic carbocycles. The molecule has 21 heavy (non-hydrogen) atoms. The molecule has 0 bridgehead atoms. The fourth-order valence-electron chi connectivity index (χ4n) is 1.81. The highest BCUT2D eigenvalue weighted by molar-refractivity contribution is 7.90. The minimum absolute atomic E-state index is 0.0464. The maximum Gasteiger partial charge on any atom is 0.175 e. The van der Waals surface area contributed by atoms with E-state index in [9.17, 15) is 8.42 Å². The second kappa shape index (κ2) is 5.51. The number of aromatic nitrogens is 1. The van der Waals surface area contributed by atoms with Crippen LogP contribution < -0.4 is 5.73 Å².